The third-order valence-electron chi connectivity index (χ3n) is 4.92. The Kier molecular flexibility index (Phi) is 4.13. The van der Waals surface area contributed by atoms with E-state index in [4.69, 9.17) is 4.74 Å². The van der Waals surface area contributed by atoms with E-state index in [9.17, 15) is 9.59 Å². The molecular weight excluding hydrogens is 318 g/mol. The van der Waals surface area contributed by atoms with Crippen molar-refractivity contribution in [3.8, 4) is 0 Å². The summed E-state index contributed by atoms with van der Waals surface area (Å²) in [5.41, 5.74) is 2.90. The Hall–Kier alpha value is -2.47. The minimum absolute atomic E-state index is 0.0212. The summed E-state index contributed by atoms with van der Waals surface area (Å²) >= 11 is 0. The number of nitrogens with zero attached hydrogens (tertiary/aromatic N) is 3. The molecule has 1 aromatic carbocycles. The first-order valence-corrected chi connectivity index (χ1v) is 8.65. The van der Waals surface area contributed by atoms with E-state index in [1.165, 1.54) is 16.3 Å². The zero-order valence-corrected chi connectivity index (χ0v) is 14.2. The molecule has 2 aliphatic heterocycles. The number of amides is 1. The first kappa shape index (κ1) is 16.0. The van der Waals surface area contributed by atoms with E-state index >= 15 is 0 Å². The van der Waals surface area contributed by atoms with E-state index in [-0.39, 0.29) is 17.4 Å². The number of carbonyl (C=O) groups is 1. The summed E-state index contributed by atoms with van der Waals surface area (Å²) in [4.78, 5) is 26.4. The topological polar surface area (TPSA) is 64.4 Å². The molecule has 1 fully saturated rings. The number of aromatic nitrogens is 2. The van der Waals surface area contributed by atoms with Gasteiger partial charge in [-0.05, 0) is 30.5 Å². The summed E-state index contributed by atoms with van der Waals surface area (Å²) in [7, 11) is 0. The van der Waals surface area contributed by atoms with Gasteiger partial charge in [0.15, 0.2) is 6.10 Å². The third kappa shape index (κ3) is 3.09. The average molecular weight is 339 g/mol. The van der Waals surface area contributed by atoms with Crippen LogP contribution in [0.5, 0.6) is 0 Å². The summed E-state index contributed by atoms with van der Waals surface area (Å²) in [6.45, 7) is 4.27. The molecule has 25 heavy (non-hydrogen) atoms. The summed E-state index contributed by atoms with van der Waals surface area (Å²) < 4.78 is 7.25. The molecule has 0 aliphatic carbocycles. The van der Waals surface area contributed by atoms with Crippen LogP contribution in [0.1, 0.15) is 22.9 Å². The van der Waals surface area contributed by atoms with E-state index in [0.717, 1.165) is 17.7 Å². The van der Waals surface area contributed by atoms with Crippen molar-refractivity contribution in [2.24, 2.45) is 5.92 Å². The number of benzene rings is 1. The molecule has 0 saturated carbocycles. The van der Waals surface area contributed by atoms with E-state index in [2.05, 4.69) is 11.2 Å². The molecule has 1 unspecified atom stereocenters. The van der Waals surface area contributed by atoms with E-state index in [1.54, 1.807) is 6.07 Å². The van der Waals surface area contributed by atoms with Crippen LogP contribution in [0.4, 0.5) is 0 Å². The molecule has 0 radical (unpaired) electrons. The van der Waals surface area contributed by atoms with E-state index < -0.39 is 6.10 Å². The quantitative estimate of drug-likeness (QED) is 0.846. The smallest absolute Gasteiger partial charge is 0.266 e. The van der Waals surface area contributed by atoms with Crippen LogP contribution in [0.25, 0.3) is 0 Å². The van der Waals surface area contributed by atoms with Gasteiger partial charge in [0.1, 0.15) is 0 Å². The van der Waals surface area contributed by atoms with Gasteiger partial charge in [0.05, 0.1) is 18.8 Å². The van der Waals surface area contributed by atoms with Gasteiger partial charge in [0.2, 0.25) is 0 Å². The highest BCUT2D eigenvalue weighted by molar-refractivity contribution is 5.83. The number of rotatable bonds is 3. The van der Waals surface area contributed by atoms with Gasteiger partial charge in [-0.1, -0.05) is 24.3 Å². The van der Waals surface area contributed by atoms with Crippen molar-refractivity contribution in [3.05, 3.63) is 63.6 Å². The van der Waals surface area contributed by atoms with Gasteiger partial charge in [-0.25, -0.2) is 4.68 Å². The fourth-order valence-corrected chi connectivity index (χ4v) is 3.56. The van der Waals surface area contributed by atoms with Crippen LogP contribution in [0.2, 0.25) is 0 Å². The summed E-state index contributed by atoms with van der Waals surface area (Å²) in [5.74, 6) is 0.280. The van der Waals surface area contributed by atoms with Gasteiger partial charge in [-0.15, -0.1) is 0 Å². The maximum atomic E-state index is 12.8. The number of ether oxygens (including phenoxy) is 1. The lowest BCUT2D eigenvalue weighted by molar-refractivity contribution is -0.152. The summed E-state index contributed by atoms with van der Waals surface area (Å²) in [6.07, 6.45) is 0.357. The first-order chi connectivity index (χ1) is 12.1. The third-order valence-corrected chi connectivity index (χ3v) is 4.92. The lowest BCUT2D eigenvalue weighted by Crippen LogP contribution is -2.54. The molecule has 1 aromatic heterocycles. The second-order valence-corrected chi connectivity index (χ2v) is 6.80. The monoisotopic (exact) mass is 339 g/mol. The lowest BCUT2D eigenvalue weighted by Gasteiger charge is -2.41. The molecule has 0 N–H and O–H groups in total. The molecule has 130 valence electrons. The molecule has 2 aliphatic rings. The second-order valence-electron chi connectivity index (χ2n) is 6.80. The van der Waals surface area contributed by atoms with Crippen LogP contribution >= 0.6 is 0 Å². The molecule has 0 spiro atoms. The maximum absolute atomic E-state index is 12.8. The number of likely N-dealkylation sites (tertiary alicyclic amines) is 1. The summed E-state index contributed by atoms with van der Waals surface area (Å²) in [5, 5.41) is 4.26. The highest BCUT2D eigenvalue weighted by Gasteiger charge is 2.37. The molecule has 6 heteroatoms. The Morgan fingerprint density at radius 2 is 2.04 bits per heavy atom. The van der Waals surface area contributed by atoms with Crippen LogP contribution in [0, 0.1) is 12.8 Å². The molecule has 6 nitrogen and oxygen atoms in total. The lowest BCUT2D eigenvalue weighted by atomic mass is 9.94. The minimum Gasteiger partial charge on any atom is -0.363 e. The van der Waals surface area contributed by atoms with Crippen molar-refractivity contribution < 1.29 is 9.53 Å². The Balaban J connectivity index is 1.40. The maximum Gasteiger partial charge on any atom is 0.266 e. The largest absolute Gasteiger partial charge is 0.363 e. The van der Waals surface area contributed by atoms with E-state index in [1.807, 2.05) is 30.0 Å². The Morgan fingerprint density at radius 1 is 1.24 bits per heavy atom. The molecule has 2 aromatic rings. The molecule has 1 atom stereocenters. The van der Waals surface area contributed by atoms with Gasteiger partial charge in [0.25, 0.3) is 11.5 Å². The zero-order valence-electron chi connectivity index (χ0n) is 14.2. The predicted octanol–water partition coefficient (Wildman–Crippen LogP) is 1.32. The Labute approximate surface area is 146 Å². The SMILES string of the molecule is Cc1ccc(=O)n(CC2CN(C(=O)C3OCCc4ccccc43)C2)n1. The standard InChI is InChI=1S/C19H21N3O3/c1-13-6-7-17(23)22(20-13)12-14-10-21(11-14)19(24)18-16-5-3-2-4-15(16)8-9-25-18/h2-7,14,18H,8-12H2,1H3. The van der Waals surface area contributed by atoms with Crippen molar-refractivity contribution in [3.63, 3.8) is 0 Å². The molecule has 4 rings (SSSR count). The fraction of sp³-hybridized carbons (Fsp3) is 0.421. The number of hydrogen-bond acceptors (Lipinski definition) is 4. The number of fused-ring (bicyclic) bond motifs is 1. The fourth-order valence-electron chi connectivity index (χ4n) is 3.56. The van der Waals surface area contributed by atoms with Crippen LogP contribution in [-0.2, 0) is 22.5 Å². The Morgan fingerprint density at radius 3 is 2.88 bits per heavy atom. The highest BCUT2D eigenvalue weighted by Crippen LogP contribution is 2.31. The van der Waals surface area contributed by atoms with Crippen LogP contribution in [-0.4, -0.2) is 40.3 Å². The first-order valence-electron chi connectivity index (χ1n) is 8.65. The number of hydrogen-bond donors (Lipinski definition) is 0. The van der Waals surface area contributed by atoms with Crippen LogP contribution in [0.15, 0.2) is 41.2 Å². The molecule has 3 heterocycles. The van der Waals surface area contributed by atoms with Gasteiger partial charge in [-0.2, -0.15) is 5.10 Å². The predicted molar refractivity (Wildman–Crippen MR) is 92.1 cm³/mol. The molecule has 0 bridgehead atoms. The van der Waals surface area contributed by atoms with Crippen molar-refractivity contribution in [1.29, 1.82) is 0 Å². The van der Waals surface area contributed by atoms with Gasteiger partial charge >= 0.3 is 0 Å². The van der Waals surface area contributed by atoms with E-state index in [0.29, 0.717) is 26.2 Å². The van der Waals surface area contributed by atoms with Crippen molar-refractivity contribution in [1.82, 2.24) is 14.7 Å². The number of carbonyl (C=O) groups excluding carboxylic acids is 1. The number of aryl methyl sites for hydroxylation is 1. The average Bonchev–Trinajstić information content (AvgIpc) is 2.59. The van der Waals surface area contributed by atoms with Gasteiger partial charge in [0, 0.05) is 25.1 Å². The Bertz CT molecular complexity index is 855. The minimum atomic E-state index is -0.495. The normalized spacial score (nSPS) is 20.0. The van der Waals surface area contributed by atoms with Crippen LogP contribution < -0.4 is 5.56 Å². The second kappa shape index (κ2) is 6.44. The van der Waals surface area contributed by atoms with Crippen molar-refractivity contribution in [2.75, 3.05) is 19.7 Å². The molecule has 1 saturated heterocycles. The van der Waals surface area contributed by atoms with Gasteiger partial charge < -0.3 is 9.64 Å². The highest BCUT2D eigenvalue weighted by atomic mass is 16.5. The van der Waals surface area contributed by atoms with Gasteiger partial charge in [-0.3, -0.25) is 9.59 Å². The summed E-state index contributed by atoms with van der Waals surface area (Å²) in [6, 6.07) is 11.2. The zero-order chi connectivity index (χ0) is 17.4. The molecular formula is C19H21N3O3. The van der Waals surface area contributed by atoms with Crippen molar-refractivity contribution >= 4 is 5.91 Å². The van der Waals surface area contributed by atoms with Crippen LogP contribution in [0.3, 0.4) is 0 Å². The van der Waals surface area contributed by atoms with Crippen molar-refractivity contribution in [2.45, 2.75) is 26.0 Å². The molecule has 1 amide bonds.